The van der Waals surface area contributed by atoms with Gasteiger partial charge in [-0.1, -0.05) is 30.3 Å². The molecule has 2 fully saturated rings. The van der Waals surface area contributed by atoms with Crippen LogP contribution in [0.4, 0.5) is 4.79 Å². The van der Waals surface area contributed by atoms with Crippen molar-refractivity contribution >= 4 is 11.9 Å². The number of hydrogen-bond acceptors (Lipinski definition) is 3. The fourth-order valence-corrected chi connectivity index (χ4v) is 4.15. The van der Waals surface area contributed by atoms with Crippen molar-refractivity contribution in [1.82, 2.24) is 20.4 Å². The Morgan fingerprint density at radius 3 is 2.54 bits per heavy atom. The van der Waals surface area contributed by atoms with E-state index in [0.29, 0.717) is 6.54 Å². The number of nitrogens with one attached hydrogen (secondary N) is 2. The zero-order chi connectivity index (χ0) is 18.7. The van der Waals surface area contributed by atoms with Crippen molar-refractivity contribution in [2.75, 3.05) is 33.2 Å². The topological polar surface area (TPSA) is 64.7 Å². The van der Waals surface area contributed by atoms with Crippen molar-refractivity contribution in [3.05, 3.63) is 35.9 Å². The van der Waals surface area contributed by atoms with Crippen molar-refractivity contribution in [1.29, 1.82) is 0 Å². The molecule has 0 saturated carbocycles. The number of nitrogens with zero attached hydrogens (tertiary/aromatic N) is 2. The van der Waals surface area contributed by atoms with Gasteiger partial charge >= 0.3 is 6.03 Å². The van der Waals surface area contributed by atoms with Gasteiger partial charge in [0.05, 0.1) is 6.04 Å². The summed E-state index contributed by atoms with van der Waals surface area (Å²) in [7, 11) is 2.00. The van der Waals surface area contributed by atoms with Crippen LogP contribution in [0, 0.1) is 5.41 Å². The molecule has 1 unspecified atom stereocenters. The lowest BCUT2D eigenvalue weighted by molar-refractivity contribution is -0.125. The maximum Gasteiger partial charge on any atom is 0.317 e. The summed E-state index contributed by atoms with van der Waals surface area (Å²) in [5.74, 6) is 0.102. The third kappa shape index (κ3) is 4.18. The van der Waals surface area contributed by atoms with Gasteiger partial charge in [0.15, 0.2) is 0 Å². The lowest BCUT2D eigenvalue weighted by atomic mass is 9.78. The molecule has 26 heavy (non-hydrogen) atoms. The molecular weight excluding hydrogens is 328 g/mol. The third-order valence-electron chi connectivity index (χ3n) is 5.35. The maximum atomic E-state index is 12.3. The molecule has 3 amide bonds. The highest BCUT2D eigenvalue weighted by molar-refractivity contribution is 5.82. The standard InChI is InChI=1S/C20H30N4O2/c1-15(2)22-18(25)17-11-20(12-23(17)3)13-24(14-20)19(26)21-10-9-16-7-5-4-6-8-16/h4-8,15,17H,9-14H2,1-3H3,(H,21,26)(H,22,25). The number of likely N-dealkylation sites (N-methyl/N-ethyl adjacent to an activating group) is 1. The summed E-state index contributed by atoms with van der Waals surface area (Å²) in [6.07, 6.45) is 1.67. The Bertz CT molecular complexity index is 640. The first-order chi connectivity index (χ1) is 12.4. The van der Waals surface area contributed by atoms with Crippen molar-refractivity contribution in [2.45, 2.75) is 38.8 Å². The highest BCUT2D eigenvalue weighted by Gasteiger charge is 2.53. The molecule has 6 heteroatoms. The molecule has 0 radical (unpaired) electrons. The molecule has 1 aromatic rings. The number of carbonyl (C=O) groups excluding carboxylic acids is 2. The highest BCUT2D eigenvalue weighted by atomic mass is 16.2. The number of likely N-dealkylation sites (tertiary alicyclic amines) is 2. The Kier molecular flexibility index (Phi) is 5.51. The van der Waals surface area contributed by atoms with Crippen LogP contribution in [0.25, 0.3) is 0 Å². The molecule has 2 saturated heterocycles. The average molecular weight is 358 g/mol. The van der Waals surface area contributed by atoms with E-state index in [1.807, 2.05) is 44.0 Å². The Morgan fingerprint density at radius 2 is 1.88 bits per heavy atom. The number of benzene rings is 1. The Morgan fingerprint density at radius 1 is 1.19 bits per heavy atom. The summed E-state index contributed by atoms with van der Waals surface area (Å²) in [6.45, 7) is 6.95. The van der Waals surface area contributed by atoms with Gasteiger partial charge in [0.2, 0.25) is 5.91 Å². The molecule has 0 aliphatic carbocycles. The van der Waals surface area contributed by atoms with Crippen LogP contribution < -0.4 is 10.6 Å². The molecule has 3 rings (SSSR count). The monoisotopic (exact) mass is 358 g/mol. The van der Waals surface area contributed by atoms with Crippen LogP contribution in [-0.4, -0.2) is 67.0 Å². The summed E-state index contributed by atoms with van der Waals surface area (Å²) < 4.78 is 0. The van der Waals surface area contributed by atoms with Crippen LogP contribution in [0.3, 0.4) is 0 Å². The molecule has 2 N–H and O–H groups in total. The van der Waals surface area contributed by atoms with E-state index in [0.717, 1.165) is 32.5 Å². The van der Waals surface area contributed by atoms with E-state index in [-0.39, 0.29) is 29.4 Å². The van der Waals surface area contributed by atoms with Crippen LogP contribution in [-0.2, 0) is 11.2 Å². The van der Waals surface area contributed by atoms with Gasteiger partial charge in [-0.15, -0.1) is 0 Å². The van der Waals surface area contributed by atoms with Crippen LogP contribution in [0.15, 0.2) is 30.3 Å². The second-order valence-corrected chi connectivity index (χ2v) is 8.12. The summed E-state index contributed by atoms with van der Waals surface area (Å²) in [4.78, 5) is 28.6. The predicted molar refractivity (Wildman–Crippen MR) is 102 cm³/mol. The van der Waals surface area contributed by atoms with Gasteiger partial charge in [-0.05, 0) is 39.3 Å². The Hall–Kier alpha value is -2.08. The van der Waals surface area contributed by atoms with Gasteiger partial charge in [-0.2, -0.15) is 0 Å². The van der Waals surface area contributed by atoms with Crippen molar-refractivity contribution in [3.8, 4) is 0 Å². The molecule has 2 aliphatic heterocycles. The number of hydrogen-bond donors (Lipinski definition) is 2. The van der Waals surface area contributed by atoms with Crippen LogP contribution in [0.2, 0.25) is 0 Å². The van der Waals surface area contributed by atoms with Gasteiger partial charge in [-0.3, -0.25) is 9.69 Å². The van der Waals surface area contributed by atoms with Gasteiger partial charge in [0, 0.05) is 37.6 Å². The number of carbonyl (C=O) groups is 2. The van der Waals surface area contributed by atoms with Crippen LogP contribution in [0.1, 0.15) is 25.8 Å². The van der Waals surface area contributed by atoms with E-state index in [4.69, 9.17) is 0 Å². The van der Waals surface area contributed by atoms with Crippen molar-refractivity contribution in [3.63, 3.8) is 0 Å². The lowest BCUT2D eigenvalue weighted by Gasteiger charge is -2.47. The lowest BCUT2D eigenvalue weighted by Crippen LogP contribution is -2.61. The second kappa shape index (κ2) is 7.66. The van der Waals surface area contributed by atoms with Crippen LogP contribution >= 0.6 is 0 Å². The molecule has 6 nitrogen and oxygen atoms in total. The average Bonchev–Trinajstić information content (AvgIpc) is 2.92. The first kappa shape index (κ1) is 18.7. The number of rotatable bonds is 5. The molecule has 1 atom stereocenters. The van der Waals surface area contributed by atoms with Crippen molar-refractivity contribution < 1.29 is 9.59 Å². The zero-order valence-corrected chi connectivity index (χ0v) is 16.0. The molecule has 0 bridgehead atoms. The summed E-state index contributed by atoms with van der Waals surface area (Å²) >= 11 is 0. The largest absolute Gasteiger partial charge is 0.353 e. The Balaban J connectivity index is 1.43. The van der Waals surface area contributed by atoms with Gasteiger partial charge < -0.3 is 15.5 Å². The Labute approximate surface area is 155 Å². The third-order valence-corrected chi connectivity index (χ3v) is 5.35. The highest BCUT2D eigenvalue weighted by Crippen LogP contribution is 2.42. The second-order valence-electron chi connectivity index (χ2n) is 8.12. The van der Waals surface area contributed by atoms with E-state index < -0.39 is 0 Å². The minimum atomic E-state index is -0.0827. The zero-order valence-electron chi connectivity index (χ0n) is 16.0. The normalized spacial score (nSPS) is 21.7. The van der Waals surface area contributed by atoms with Gasteiger partial charge in [-0.25, -0.2) is 4.79 Å². The van der Waals surface area contributed by atoms with E-state index in [1.165, 1.54) is 5.56 Å². The first-order valence-corrected chi connectivity index (χ1v) is 9.46. The molecule has 142 valence electrons. The molecule has 1 aromatic carbocycles. The molecular formula is C20H30N4O2. The smallest absolute Gasteiger partial charge is 0.317 e. The van der Waals surface area contributed by atoms with Gasteiger partial charge in [0.25, 0.3) is 0 Å². The number of urea groups is 1. The number of amides is 3. The SMILES string of the molecule is CC(C)NC(=O)C1CC2(CN(C(=O)NCCc3ccccc3)C2)CN1C. The predicted octanol–water partition coefficient (Wildman–Crippen LogP) is 1.47. The van der Waals surface area contributed by atoms with E-state index >= 15 is 0 Å². The minimum Gasteiger partial charge on any atom is -0.353 e. The summed E-state index contributed by atoms with van der Waals surface area (Å²) in [6, 6.07) is 10.2. The molecule has 1 spiro atoms. The van der Waals surface area contributed by atoms with E-state index in [2.05, 4.69) is 27.7 Å². The van der Waals surface area contributed by atoms with E-state index in [9.17, 15) is 9.59 Å². The molecule has 2 heterocycles. The summed E-state index contributed by atoms with van der Waals surface area (Å²) in [5, 5.41) is 6.01. The van der Waals surface area contributed by atoms with E-state index in [1.54, 1.807) is 0 Å². The molecule has 0 aromatic heterocycles. The van der Waals surface area contributed by atoms with Crippen LogP contribution in [0.5, 0.6) is 0 Å². The van der Waals surface area contributed by atoms with Gasteiger partial charge in [0.1, 0.15) is 0 Å². The first-order valence-electron chi connectivity index (χ1n) is 9.46. The fourth-order valence-electron chi connectivity index (χ4n) is 4.15. The fraction of sp³-hybridized carbons (Fsp3) is 0.600. The minimum absolute atomic E-state index is 0.00397. The summed E-state index contributed by atoms with van der Waals surface area (Å²) in [5.41, 5.74) is 1.30. The quantitative estimate of drug-likeness (QED) is 0.838. The van der Waals surface area contributed by atoms with Crippen molar-refractivity contribution in [2.24, 2.45) is 5.41 Å². The maximum absolute atomic E-state index is 12.3. The molecule has 2 aliphatic rings.